The molecule has 1 aliphatic heterocycles. The van der Waals surface area contributed by atoms with E-state index in [4.69, 9.17) is 15.2 Å². The Kier molecular flexibility index (Phi) is 5.30. The van der Waals surface area contributed by atoms with E-state index in [1.807, 2.05) is 13.8 Å². The van der Waals surface area contributed by atoms with Crippen LogP contribution < -0.4 is 20.5 Å². The molecule has 3 N–H and O–H groups in total. The van der Waals surface area contributed by atoms with Crippen LogP contribution in [0.3, 0.4) is 0 Å². The van der Waals surface area contributed by atoms with Gasteiger partial charge in [0.2, 0.25) is 0 Å². The van der Waals surface area contributed by atoms with Gasteiger partial charge >= 0.3 is 0 Å². The first-order valence-electron chi connectivity index (χ1n) is 10.2. The zero-order valence-corrected chi connectivity index (χ0v) is 16.6. The highest BCUT2D eigenvalue weighted by Gasteiger charge is 2.53. The third-order valence-electron chi connectivity index (χ3n) is 6.08. The topological polar surface area (TPSA) is 56.5 Å². The lowest BCUT2D eigenvalue weighted by molar-refractivity contribution is -0.0197. The molecule has 0 radical (unpaired) electrons. The molecular formula is C23H29FN2O2. The van der Waals surface area contributed by atoms with Crippen molar-refractivity contribution in [2.75, 3.05) is 19.8 Å². The molecule has 28 heavy (non-hydrogen) atoms. The Labute approximate surface area is 166 Å². The van der Waals surface area contributed by atoms with Crippen molar-refractivity contribution < 1.29 is 13.9 Å². The minimum absolute atomic E-state index is 0.253. The number of nitrogens with one attached hydrogen (secondary N) is 1. The SMILES string of the molecule is CCOc1cc(CC2NCC23CC(N)C3)cc(OCC)c1-c1ccc(F)cc1. The van der Waals surface area contributed by atoms with E-state index in [9.17, 15) is 4.39 Å². The van der Waals surface area contributed by atoms with Crippen LogP contribution in [0.2, 0.25) is 0 Å². The summed E-state index contributed by atoms with van der Waals surface area (Å²) < 4.78 is 25.4. The maximum Gasteiger partial charge on any atom is 0.131 e. The zero-order chi connectivity index (χ0) is 19.7. The van der Waals surface area contributed by atoms with E-state index < -0.39 is 0 Å². The molecule has 4 nitrogen and oxygen atoms in total. The number of benzene rings is 2. The number of hydrogen-bond acceptors (Lipinski definition) is 4. The van der Waals surface area contributed by atoms with Crippen LogP contribution in [0.5, 0.6) is 11.5 Å². The summed E-state index contributed by atoms with van der Waals surface area (Å²) in [5, 5.41) is 3.58. The first-order chi connectivity index (χ1) is 13.5. The minimum Gasteiger partial charge on any atom is -0.493 e. The Bertz CT molecular complexity index is 804. The van der Waals surface area contributed by atoms with Gasteiger partial charge in [0.15, 0.2) is 0 Å². The first-order valence-corrected chi connectivity index (χ1v) is 10.2. The molecule has 1 saturated carbocycles. The lowest BCUT2D eigenvalue weighted by Crippen LogP contribution is -2.70. The zero-order valence-electron chi connectivity index (χ0n) is 16.6. The molecule has 1 aliphatic carbocycles. The van der Waals surface area contributed by atoms with Crippen LogP contribution in [0.4, 0.5) is 4.39 Å². The Morgan fingerprint density at radius 1 is 1.07 bits per heavy atom. The summed E-state index contributed by atoms with van der Waals surface area (Å²) in [5.41, 5.74) is 9.38. The first kappa shape index (κ1) is 19.2. The van der Waals surface area contributed by atoms with Gasteiger partial charge < -0.3 is 20.5 Å². The Hall–Kier alpha value is -2.11. The Morgan fingerprint density at radius 2 is 1.68 bits per heavy atom. The fourth-order valence-corrected chi connectivity index (χ4v) is 4.67. The highest BCUT2D eigenvalue weighted by atomic mass is 19.1. The van der Waals surface area contributed by atoms with Gasteiger partial charge in [-0.05, 0) is 68.5 Å². The summed E-state index contributed by atoms with van der Waals surface area (Å²) in [6.07, 6.45) is 3.14. The fraction of sp³-hybridized carbons (Fsp3) is 0.478. The number of nitrogens with two attached hydrogens (primary N) is 1. The van der Waals surface area contributed by atoms with E-state index in [-0.39, 0.29) is 5.82 Å². The monoisotopic (exact) mass is 384 g/mol. The van der Waals surface area contributed by atoms with Crippen LogP contribution in [-0.2, 0) is 6.42 Å². The van der Waals surface area contributed by atoms with Crippen molar-refractivity contribution in [2.24, 2.45) is 11.1 Å². The van der Waals surface area contributed by atoms with Crippen molar-refractivity contribution in [1.82, 2.24) is 5.32 Å². The van der Waals surface area contributed by atoms with Crippen LogP contribution in [-0.4, -0.2) is 31.8 Å². The third kappa shape index (κ3) is 3.49. The number of ether oxygens (including phenoxy) is 2. The number of hydrogen-bond donors (Lipinski definition) is 2. The summed E-state index contributed by atoms with van der Waals surface area (Å²) in [4.78, 5) is 0. The largest absolute Gasteiger partial charge is 0.493 e. The molecule has 2 aromatic rings. The quantitative estimate of drug-likeness (QED) is 0.760. The normalized spacial score (nSPS) is 25.9. The molecule has 2 fully saturated rings. The average Bonchev–Trinajstić information content (AvgIpc) is 2.64. The molecule has 0 bridgehead atoms. The summed E-state index contributed by atoms with van der Waals surface area (Å²) >= 11 is 0. The van der Waals surface area contributed by atoms with Crippen molar-refractivity contribution in [3.8, 4) is 22.6 Å². The van der Waals surface area contributed by atoms with Gasteiger partial charge in [-0.1, -0.05) is 12.1 Å². The van der Waals surface area contributed by atoms with E-state index in [0.29, 0.717) is 30.7 Å². The lowest BCUT2D eigenvalue weighted by Gasteiger charge is -2.59. The van der Waals surface area contributed by atoms with Gasteiger partial charge in [0, 0.05) is 24.0 Å². The van der Waals surface area contributed by atoms with Crippen LogP contribution >= 0.6 is 0 Å². The standard InChI is InChI=1S/C23H29FN2O2/c1-3-27-19-9-15(11-21-23(14-26-21)12-18(25)13-23)10-20(28-4-2)22(19)16-5-7-17(24)8-6-16/h5-10,18,21,26H,3-4,11-14,25H2,1-2H3. The van der Waals surface area contributed by atoms with Gasteiger partial charge in [-0.25, -0.2) is 4.39 Å². The molecular weight excluding hydrogens is 355 g/mol. The lowest BCUT2D eigenvalue weighted by atomic mass is 9.56. The predicted octanol–water partition coefficient (Wildman–Crippen LogP) is 3.91. The van der Waals surface area contributed by atoms with E-state index in [1.165, 1.54) is 17.7 Å². The molecule has 4 rings (SSSR count). The van der Waals surface area contributed by atoms with Crippen molar-refractivity contribution in [1.29, 1.82) is 0 Å². The van der Waals surface area contributed by atoms with Crippen LogP contribution in [0.25, 0.3) is 11.1 Å². The van der Waals surface area contributed by atoms with Crippen molar-refractivity contribution >= 4 is 0 Å². The molecule has 5 heteroatoms. The Balaban J connectivity index is 1.67. The fourth-order valence-electron chi connectivity index (χ4n) is 4.67. The van der Waals surface area contributed by atoms with Gasteiger partial charge in [-0.15, -0.1) is 0 Å². The van der Waals surface area contributed by atoms with Gasteiger partial charge in [0.1, 0.15) is 17.3 Å². The molecule has 1 unspecified atom stereocenters. The predicted molar refractivity (Wildman–Crippen MR) is 109 cm³/mol. The molecule has 1 spiro atoms. The molecule has 2 aliphatic rings. The van der Waals surface area contributed by atoms with E-state index >= 15 is 0 Å². The molecule has 1 atom stereocenters. The highest BCUT2D eigenvalue weighted by Crippen LogP contribution is 2.49. The van der Waals surface area contributed by atoms with Gasteiger partial charge in [0.25, 0.3) is 0 Å². The van der Waals surface area contributed by atoms with Gasteiger partial charge in [0.05, 0.1) is 18.8 Å². The van der Waals surface area contributed by atoms with Crippen LogP contribution in [0.1, 0.15) is 32.3 Å². The number of rotatable bonds is 7. The van der Waals surface area contributed by atoms with Crippen LogP contribution in [0, 0.1) is 11.2 Å². The van der Waals surface area contributed by atoms with Gasteiger partial charge in [-0.3, -0.25) is 0 Å². The summed E-state index contributed by atoms with van der Waals surface area (Å²) in [6.45, 7) is 6.13. The maximum atomic E-state index is 13.4. The van der Waals surface area contributed by atoms with Crippen molar-refractivity contribution in [3.05, 3.63) is 47.8 Å². The van der Waals surface area contributed by atoms with Gasteiger partial charge in [-0.2, -0.15) is 0 Å². The average molecular weight is 384 g/mol. The Morgan fingerprint density at radius 3 is 2.14 bits per heavy atom. The number of halogens is 1. The summed E-state index contributed by atoms with van der Waals surface area (Å²) in [5.74, 6) is 1.32. The molecule has 1 heterocycles. The second-order valence-electron chi connectivity index (χ2n) is 8.01. The second kappa shape index (κ2) is 7.72. The maximum absolute atomic E-state index is 13.4. The van der Waals surface area contributed by atoms with E-state index in [1.54, 1.807) is 12.1 Å². The third-order valence-corrected chi connectivity index (χ3v) is 6.08. The molecule has 0 amide bonds. The van der Waals surface area contributed by atoms with E-state index in [2.05, 4.69) is 17.4 Å². The minimum atomic E-state index is -0.253. The van der Waals surface area contributed by atoms with Crippen molar-refractivity contribution in [2.45, 2.75) is 45.2 Å². The van der Waals surface area contributed by atoms with E-state index in [0.717, 1.165) is 48.4 Å². The molecule has 150 valence electrons. The molecule has 1 saturated heterocycles. The summed E-state index contributed by atoms with van der Waals surface area (Å²) in [6, 6.07) is 11.5. The second-order valence-corrected chi connectivity index (χ2v) is 8.01. The smallest absolute Gasteiger partial charge is 0.131 e. The molecule has 2 aromatic carbocycles. The highest BCUT2D eigenvalue weighted by molar-refractivity contribution is 5.77. The molecule has 0 aromatic heterocycles. The van der Waals surface area contributed by atoms with Crippen LogP contribution in [0.15, 0.2) is 36.4 Å². The van der Waals surface area contributed by atoms with Crippen molar-refractivity contribution in [3.63, 3.8) is 0 Å². The summed E-state index contributed by atoms with van der Waals surface area (Å²) in [7, 11) is 0.